The van der Waals surface area contributed by atoms with E-state index in [4.69, 9.17) is 18.3 Å². The van der Waals surface area contributed by atoms with Crippen molar-refractivity contribution in [1.29, 1.82) is 0 Å². The van der Waals surface area contributed by atoms with Crippen LogP contribution >= 0.6 is 11.8 Å². The van der Waals surface area contributed by atoms with Crippen molar-refractivity contribution in [2.45, 2.75) is 11.4 Å². The molecule has 0 spiro atoms. The van der Waals surface area contributed by atoms with Crippen LogP contribution in [0.15, 0.2) is 104 Å². The summed E-state index contributed by atoms with van der Waals surface area (Å²) in [5.74, 6) is 0.224. The van der Waals surface area contributed by atoms with Gasteiger partial charge in [-0.2, -0.15) is 0 Å². The summed E-state index contributed by atoms with van der Waals surface area (Å²) < 4.78 is 21.2. The van der Waals surface area contributed by atoms with E-state index in [1.54, 1.807) is 66.7 Å². The standard InChI is InChI=1S/C28H23N3O7S/c1-35-18-10-11-21(23(15-18)36-2)30-24-25(28(34)31(27(24)33)16-19-7-4-12-37-19)39-20-8-3-6-17(14-20)29-26(32)22-9-5-13-38-22/h3-15,30H,16H2,1-2H3,(H,29,32). The Hall–Kier alpha value is -4.90. The largest absolute Gasteiger partial charge is 0.497 e. The molecule has 198 valence electrons. The van der Waals surface area contributed by atoms with Gasteiger partial charge in [-0.05, 0) is 54.6 Å². The van der Waals surface area contributed by atoms with Crippen LogP contribution in [0.5, 0.6) is 11.5 Å². The van der Waals surface area contributed by atoms with Gasteiger partial charge in [-0.15, -0.1) is 0 Å². The molecule has 0 saturated carbocycles. The van der Waals surface area contributed by atoms with E-state index in [1.807, 2.05) is 0 Å². The number of hydrogen-bond donors (Lipinski definition) is 2. The molecule has 0 saturated heterocycles. The Bertz CT molecular complexity index is 1550. The number of ether oxygens (including phenoxy) is 2. The van der Waals surface area contributed by atoms with E-state index in [0.29, 0.717) is 33.5 Å². The maximum Gasteiger partial charge on any atom is 0.291 e. The molecule has 2 aromatic carbocycles. The summed E-state index contributed by atoms with van der Waals surface area (Å²) in [6.07, 6.45) is 2.89. The topological polar surface area (TPSA) is 123 Å². The first-order chi connectivity index (χ1) is 19.0. The third kappa shape index (κ3) is 5.53. The van der Waals surface area contributed by atoms with Gasteiger partial charge in [-0.3, -0.25) is 19.3 Å². The predicted molar refractivity (Wildman–Crippen MR) is 143 cm³/mol. The van der Waals surface area contributed by atoms with Crippen LogP contribution < -0.4 is 20.1 Å². The first-order valence-corrected chi connectivity index (χ1v) is 12.5. The van der Waals surface area contributed by atoms with Gasteiger partial charge in [0.05, 0.1) is 39.0 Å². The molecular weight excluding hydrogens is 522 g/mol. The molecule has 0 bridgehead atoms. The van der Waals surface area contributed by atoms with Crippen LogP contribution in [0, 0.1) is 0 Å². The number of thioether (sulfide) groups is 1. The molecule has 1 aliphatic rings. The molecule has 0 radical (unpaired) electrons. The van der Waals surface area contributed by atoms with Crippen molar-refractivity contribution in [1.82, 2.24) is 4.90 Å². The highest BCUT2D eigenvalue weighted by atomic mass is 32.2. The van der Waals surface area contributed by atoms with Crippen LogP contribution in [0.25, 0.3) is 0 Å². The van der Waals surface area contributed by atoms with Crippen molar-refractivity contribution in [2.75, 3.05) is 24.9 Å². The van der Waals surface area contributed by atoms with Crippen molar-refractivity contribution in [2.24, 2.45) is 0 Å². The maximum absolute atomic E-state index is 13.5. The van der Waals surface area contributed by atoms with Gasteiger partial charge in [0.2, 0.25) is 0 Å². The molecule has 4 aromatic rings. The number of nitrogens with zero attached hydrogens (tertiary/aromatic N) is 1. The molecule has 0 fully saturated rings. The summed E-state index contributed by atoms with van der Waals surface area (Å²) in [4.78, 5) is 41.4. The monoisotopic (exact) mass is 545 g/mol. The molecule has 1 aliphatic heterocycles. The molecule has 11 heteroatoms. The van der Waals surface area contributed by atoms with E-state index in [0.717, 1.165) is 16.7 Å². The average Bonchev–Trinajstić information content (AvgIpc) is 3.71. The third-order valence-electron chi connectivity index (χ3n) is 5.74. The number of amides is 3. The Morgan fingerprint density at radius 3 is 2.46 bits per heavy atom. The van der Waals surface area contributed by atoms with Crippen molar-refractivity contribution < 1.29 is 32.7 Å². The molecule has 0 atom stereocenters. The second-order valence-corrected chi connectivity index (χ2v) is 9.32. The number of anilines is 2. The van der Waals surface area contributed by atoms with Crippen molar-refractivity contribution in [3.05, 3.63) is 101 Å². The quantitative estimate of drug-likeness (QED) is 0.261. The number of rotatable bonds is 10. The minimum absolute atomic E-state index is 0.0289. The Morgan fingerprint density at radius 1 is 0.923 bits per heavy atom. The van der Waals surface area contributed by atoms with Crippen molar-refractivity contribution in [3.63, 3.8) is 0 Å². The Balaban J connectivity index is 1.46. The predicted octanol–water partition coefficient (Wildman–Crippen LogP) is 5.13. The highest BCUT2D eigenvalue weighted by Gasteiger charge is 2.40. The molecule has 2 N–H and O–H groups in total. The van der Waals surface area contributed by atoms with Gasteiger partial charge in [-0.1, -0.05) is 17.8 Å². The third-order valence-corrected chi connectivity index (χ3v) is 6.82. The van der Waals surface area contributed by atoms with Crippen molar-refractivity contribution >= 4 is 40.9 Å². The Kier molecular flexibility index (Phi) is 7.41. The van der Waals surface area contributed by atoms with E-state index in [-0.39, 0.29) is 22.9 Å². The van der Waals surface area contributed by atoms with Crippen LogP contribution in [-0.2, 0) is 16.1 Å². The number of furan rings is 2. The lowest BCUT2D eigenvalue weighted by molar-refractivity contribution is -0.138. The fraction of sp³-hybridized carbons (Fsp3) is 0.107. The van der Waals surface area contributed by atoms with Crippen LogP contribution in [0.3, 0.4) is 0 Å². The SMILES string of the molecule is COc1ccc(NC2=C(Sc3cccc(NC(=O)c4ccco4)c3)C(=O)N(Cc3ccco3)C2=O)c(OC)c1. The Morgan fingerprint density at radius 2 is 1.74 bits per heavy atom. The van der Waals surface area contributed by atoms with Gasteiger partial charge in [0, 0.05) is 16.6 Å². The van der Waals surface area contributed by atoms with Crippen LogP contribution in [0.4, 0.5) is 11.4 Å². The summed E-state index contributed by atoms with van der Waals surface area (Å²) in [5.41, 5.74) is 1.06. The second kappa shape index (κ2) is 11.2. The maximum atomic E-state index is 13.5. The van der Waals surface area contributed by atoms with E-state index in [9.17, 15) is 14.4 Å². The van der Waals surface area contributed by atoms with Gasteiger partial charge in [0.25, 0.3) is 17.7 Å². The molecule has 3 heterocycles. The fourth-order valence-corrected chi connectivity index (χ4v) is 4.86. The van der Waals surface area contributed by atoms with E-state index in [1.165, 1.54) is 26.7 Å². The van der Waals surface area contributed by atoms with Crippen molar-refractivity contribution in [3.8, 4) is 11.5 Å². The van der Waals surface area contributed by atoms with Gasteiger partial charge >= 0.3 is 0 Å². The van der Waals surface area contributed by atoms with Crippen LogP contribution in [-0.4, -0.2) is 36.8 Å². The summed E-state index contributed by atoms with van der Waals surface area (Å²) in [6, 6.07) is 18.6. The number of methoxy groups -OCH3 is 2. The first-order valence-electron chi connectivity index (χ1n) is 11.7. The summed E-state index contributed by atoms with van der Waals surface area (Å²) in [7, 11) is 3.04. The smallest absolute Gasteiger partial charge is 0.291 e. The number of imide groups is 1. The minimum Gasteiger partial charge on any atom is -0.497 e. The van der Waals surface area contributed by atoms with E-state index >= 15 is 0 Å². The zero-order valence-corrected chi connectivity index (χ0v) is 21.7. The number of benzene rings is 2. The number of hydrogen-bond acceptors (Lipinski definition) is 9. The van der Waals surface area contributed by atoms with E-state index in [2.05, 4.69) is 10.6 Å². The van der Waals surface area contributed by atoms with Gasteiger partial charge in [0.1, 0.15) is 27.9 Å². The molecule has 2 aromatic heterocycles. The summed E-state index contributed by atoms with van der Waals surface area (Å²) in [6.45, 7) is -0.0289. The van der Waals surface area contributed by atoms with Crippen LogP contribution in [0.1, 0.15) is 16.3 Å². The van der Waals surface area contributed by atoms with E-state index < -0.39 is 17.7 Å². The number of carbonyl (C=O) groups excluding carboxylic acids is 3. The molecule has 39 heavy (non-hydrogen) atoms. The Labute approximate surface area is 227 Å². The van der Waals surface area contributed by atoms with Gasteiger partial charge in [0.15, 0.2) is 5.76 Å². The lowest BCUT2D eigenvalue weighted by Crippen LogP contribution is -2.31. The number of carbonyl (C=O) groups is 3. The van der Waals surface area contributed by atoms with Gasteiger partial charge in [-0.25, -0.2) is 0 Å². The second-order valence-electron chi connectivity index (χ2n) is 8.23. The normalized spacial score (nSPS) is 13.1. The molecule has 0 unspecified atom stereocenters. The molecule has 5 rings (SSSR count). The molecule has 10 nitrogen and oxygen atoms in total. The zero-order valence-electron chi connectivity index (χ0n) is 20.9. The lowest BCUT2D eigenvalue weighted by atomic mass is 10.2. The average molecular weight is 546 g/mol. The lowest BCUT2D eigenvalue weighted by Gasteiger charge is -2.15. The first kappa shape index (κ1) is 25.7. The highest BCUT2D eigenvalue weighted by Crippen LogP contribution is 2.39. The summed E-state index contributed by atoms with van der Waals surface area (Å²) in [5, 5.41) is 5.85. The molecular formula is C28H23N3O7S. The molecule has 3 amide bonds. The van der Waals surface area contributed by atoms with Crippen LogP contribution in [0.2, 0.25) is 0 Å². The fourth-order valence-electron chi connectivity index (χ4n) is 3.85. The van der Waals surface area contributed by atoms with Gasteiger partial charge < -0.3 is 28.9 Å². The number of nitrogens with one attached hydrogen (secondary N) is 2. The zero-order chi connectivity index (χ0) is 27.4. The molecule has 0 aliphatic carbocycles. The summed E-state index contributed by atoms with van der Waals surface area (Å²) >= 11 is 1.10. The highest BCUT2D eigenvalue weighted by molar-refractivity contribution is 8.04. The minimum atomic E-state index is -0.515.